The summed E-state index contributed by atoms with van der Waals surface area (Å²) in [7, 11) is -3.28. The Balaban J connectivity index is 3.08. The van der Waals surface area contributed by atoms with E-state index in [1.54, 1.807) is 0 Å². The minimum atomic E-state index is -3.28. The van der Waals surface area contributed by atoms with Gasteiger partial charge in [0.05, 0.1) is 11.5 Å². The predicted octanol–water partition coefficient (Wildman–Crippen LogP) is 0.251. The summed E-state index contributed by atoms with van der Waals surface area (Å²) in [5.41, 5.74) is 0.377. The van der Waals surface area contributed by atoms with E-state index in [4.69, 9.17) is 10.2 Å². The van der Waals surface area contributed by atoms with Crippen molar-refractivity contribution in [2.45, 2.75) is 10.8 Å². The van der Waals surface area contributed by atoms with Crippen molar-refractivity contribution >= 4 is 15.8 Å². The Kier molecular flexibility index (Phi) is 3.66. The number of hydrogen-bond acceptors (Lipinski definition) is 4. The van der Waals surface area contributed by atoms with Crippen LogP contribution in [0.3, 0.4) is 0 Å². The highest BCUT2D eigenvalue weighted by molar-refractivity contribution is 7.90. The summed E-state index contributed by atoms with van der Waals surface area (Å²) in [6.45, 7) is -0.520. The van der Waals surface area contributed by atoms with Crippen LogP contribution < -0.4 is 0 Å². The molecule has 0 saturated heterocycles. The quantitative estimate of drug-likeness (QED) is 0.792. The molecule has 16 heavy (non-hydrogen) atoms. The van der Waals surface area contributed by atoms with E-state index in [1.165, 1.54) is 24.3 Å². The van der Waals surface area contributed by atoms with Gasteiger partial charge in [0.15, 0.2) is 9.84 Å². The van der Waals surface area contributed by atoms with E-state index in [2.05, 4.69) is 0 Å². The third-order valence-corrected chi connectivity index (χ3v) is 3.32. The highest BCUT2D eigenvalue weighted by Crippen LogP contribution is 2.18. The van der Waals surface area contributed by atoms with Crippen molar-refractivity contribution in [2.24, 2.45) is 0 Å². The molecule has 0 aliphatic heterocycles. The van der Waals surface area contributed by atoms with Crippen LogP contribution in [0, 0.1) is 0 Å². The van der Waals surface area contributed by atoms with Crippen LogP contribution in [-0.4, -0.2) is 37.5 Å². The first-order valence-electron chi connectivity index (χ1n) is 4.50. The number of aliphatic carboxylic acids is 1. The van der Waals surface area contributed by atoms with E-state index >= 15 is 0 Å². The van der Waals surface area contributed by atoms with Crippen molar-refractivity contribution in [2.75, 3.05) is 12.9 Å². The molecule has 88 valence electrons. The lowest BCUT2D eigenvalue weighted by atomic mass is 10.0. The van der Waals surface area contributed by atoms with Crippen LogP contribution in [0.4, 0.5) is 0 Å². The SMILES string of the molecule is CS(=O)(=O)c1ccc(C(CO)C(=O)O)cc1. The summed E-state index contributed by atoms with van der Waals surface area (Å²) < 4.78 is 22.3. The summed E-state index contributed by atoms with van der Waals surface area (Å²) in [4.78, 5) is 10.9. The Bertz CT molecular complexity index is 474. The van der Waals surface area contributed by atoms with Crippen molar-refractivity contribution in [1.82, 2.24) is 0 Å². The number of sulfone groups is 1. The lowest BCUT2D eigenvalue weighted by molar-refractivity contribution is -0.139. The second kappa shape index (κ2) is 4.63. The summed E-state index contributed by atoms with van der Waals surface area (Å²) in [6.07, 6.45) is 1.07. The second-order valence-corrected chi connectivity index (χ2v) is 5.43. The molecule has 0 spiro atoms. The molecule has 0 radical (unpaired) electrons. The third-order valence-electron chi connectivity index (χ3n) is 2.19. The molecular formula is C10H12O5S. The highest BCUT2D eigenvalue weighted by Gasteiger charge is 2.19. The lowest BCUT2D eigenvalue weighted by Gasteiger charge is -2.09. The number of rotatable bonds is 4. The van der Waals surface area contributed by atoms with Crippen LogP contribution in [0.15, 0.2) is 29.2 Å². The number of carboxylic acid groups (broad SMARTS) is 1. The van der Waals surface area contributed by atoms with E-state index in [0.29, 0.717) is 5.56 Å². The van der Waals surface area contributed by atoms with Gasteiger partial charge in [0.25, 0.3) is 0 Å². The molecule has 0 aromatic heterocycles. The highest BCUT2D eigenvalue weighted by atomic mass is 32.2. The lowest BCUT2D eigenvalue weighted by Crippen LogP contribution is -2.15. The predicted molar refractivity (Wildman–Crippen MR) is 57.0 cm³/mol. The summed E-state index contributed by atoms with van der Waals surface area (Å²) in [5.74, 6) is -2.16. The topological polar surface area (TPSA) is 91.7 Å². The van der Waals surface area contributed by atoms with Gasteiger partial charge in [-0.15, -0.1) is 0 Å². The molecule has 6 heteroatoms. The van der Waals surface area contributed by atoms with Crippen LogP contribution in [0.1, 0.15) is 11.5 Å². The van der Waals surface area contributed by atoms with E-state index in [0.717, 1.165) is 6.26 Å². The standard InChI is InChI=1S/C10H12O5S/c1-16(14,15)8-4-2-7(3-5-8)9(6-11)10(12)13/h2-5,9,11H,6H2,1H3,(H,12,13). The van der Waals surface area contributed by atoms with Gasteiger partial charge in [-0.3, -0.25) is 4.79 Å². The monoisotopic (exact) mass is 244 g/mol. The third kappa shape index (κ3) is 2.80. The maximum Gasteiger partial charge on any atom is 0.313 e. The van der Waals surface area contributed by atoms with Crippen molar-refractivity contribution in [1.29, 1.82) is 0 Å². The number of hydrogen-bond donors (Lipinski definition) is 2. The molecule has 0 amide bonds. The largest absolute Gasteiger partial charge is 0.481 e. The molecule has 0 heterocycles. The van der Waals surface area contributed by atoms with Crippen molar-refractivity contribution < 1.29 is 23.4 Å². The Morgan fingerprint density at radius 2 is 1.81 bits per heavy atom. The molecule has 0 fully saturated rings. The molecule has 0 aliphatic carbocycles. The average Bonchev–Trinajstić information content (AvgIpc) is 2.17. The molecule has 1 rings (SSSR count). The molecule has 0 aliphatic rings. The van der Waals surface area contributed by atoms with Gasteiger partial charge in [-0.2, -0.15) is 0 Å². The molecular weight excluding hydrogens is 232 g/mol. The number of carboxylic acids is 1. The Morgan fingerprint density at radius 1 is 1.31 bits per heavy atom. The number of aliphatic hydroxyl groups is 1. The fourth-order valence-corrected chi connectivity index (χ4v) is 1.90. The van der Waals surface area contributed by atoms with Gasteiger partial charge in [-0.1, -0.05) is 12.1 Å². The minimum Gasteiger partial charge on any atom is -0.481 e. The molecule has 1 atom stereocenters. The Hall–Kier alpha value is -1.40. The maximum atomic E-state index is 11.2. The molecule has 1 aromatic carbocycles. The van der Waals surface area contributed by atoms with Crippen LogP contribution in [0.5, 0.6) is 0 Å². The summed E-state index contributed by atoms with van der Waals surface area (Å²) >= 11 is 0. The normalized spacial score (nSPS) is 13.4. The zero-order valence-electron chi connectivity index (χ0n) is 8.62. The van der Waals surface area contributed by atoms with Crippen LogP contribution in [0.25, 0.3) is 0 Å². The fraction of sp³-hybridized carbons (Fsp3) is 0.300. The van der Waals surface area contributed by atoms with E-state index in [9.17, 15) is 13.2 Å². The maximum absolute atomic E-state index is 11.2. The zero-order chi connectivity index (χ0) is 12.3. The summed E-state index contributed by atoms with van der Waals surface area (Å²) in [5, 5.41) is 17.7. The van der Waals surface area contributed by atoms with E-state index < -0.39 is 28.3 Å². The Labute approximate surface area is 93.3 Å². The zero-order valence-corrected chi connectivity index (χ0v) is 9.44. The molecule has 1 aromatic rings. The minimum absolute atomic E-state index is 0.123. The van der Waals surface area contributed by atoms with Gasteiger partial charge >= 0.3 is 5.97 Å². The fourth-order valence-electron chi connectivity index (χ4n) is 1.27. The Morgan fingerprint density at radius 3 is 2.12 bits per heavy atom. The molecule has 5 nitrogen and oxygen atoms in total. The van der Waals surface area contributed by atoms with Crippen LogP contribution in [0.2, 0.25) is 0 Å². The molecule has 2 N–H and O–H groups in total. The first kappa shape index (κ1) is 12.7. The van der Waals surface area contributed by atoms with Gasteiger partial charge in [0.2, 0.25) is 0 Å². The van der Waals surface area contributed by atoms with Gasteiger partial charge < -0.3 is 10.2 Å². The smallest absolute Gasteiger partial charge is 0.313 e. The number of carbonyl (C=O) groups is 1. The van der Waals surface area contributed by atoms with Crippen LogP contribution in [-0.2, 0) is 14.6 Å². The van der Waals surface area contributed by atoms with Crippen molar-refractivity contribution in [3.05, 3.63) is 29.8 Å². The van der Waals surface area contributed by atoms with Gasteiger partial charge in [0.1, 0.15) is 5.92 Å². The van der Waals surface area contributed by atoms with Crippen molar-refractivity contribution in [3.8, 4) is 0 Å². The van der Waals surface area contributed by atoms with E-state index in [1.807, 2.05) is 0 Å². The second-order valence-electron chi connectivity index (χ2n) is 3.41. The number of benzene rings is 1. The van der Waals surface area contributed by atoms with Gasteiger partial charge in [0, 0.05) is 6.26 Å². The van der Waals surface area contributed by atoms with E-state index in [-0.39, 0.29) is 4.90 Å². The first-order valence-corrected chi connectivity index (χ1v) is 6.39. The molecule has 1 unspecified atom stereocenters. The average molecular weight is 244 g/mol. The molecule has 0 bridgehead atoms. The summed E-state index contributed by atoms with van der Waals surface area (Å²) in [6, 6.07) is 5.45. The van der Waals surface area contributed by atoms with Crippen LogP contribution >= 0.6 is 0 Å². The van der Waals surface area contributed by atoms with Crippen molar-refractivity contribution in [3.63, 3.8) is 0 Å². The van der Waals surface area contributed by atoms with Gasteiger partial charge in [-0.25, -0.2) is 8.42 Å². The van der Waals surface area contributed by atoms with Gasteiger partial charge in [-0.05, 0) is 17.7 Å². The molecule has 0 saturated carbocycles. The number of aliphatic hydroxyl groups excluding tert-OH is 1. The first-order chi connectivity index (χ1) is 7.36.